The minimum atomic E-state index is -0.121. The molecule has 0 bridgehead atoms. The van der Waals surface area contributed by atoms with Crippen LogP contribution in [0.25, 0.3) is 0 Å². The Labute approximate surface area is 95.6 Å². The smallest absolute Gasteiger partial charge is 0.313 e. The van der Waals surface area contributed by atoms with E-state index in [1.54, 1.807) is 0 Å². The second-order valence-corrected chi connectivity index (χ2v) is 4.10. The van der Waals surface area contributed by atoms with Crippen molar-refractivity contribution in [2.24, 2.45) is 5.73 Å². The SMILES string of the molecule is CCOC(=O)C1CC(CN)c2ccccc21. The highest BCUT2D eigenvalue weighted by atomic mass is 16.5. The lowest BCUT2D eigenvalue weighted by atomic mass is 10.0. The molecular weight excluding hydrogens is 202 g/mol. The molecule has 0 saturated carbocycles. The van der Waals surface area contributed by atoms with E-state index >= 15 is 0 Å². The van der Waals surface area contributed by atoms with Gasteiger partial charge in [0.25, 0.3) is 0 Å². The maximum Gasteiger partial charge on any atom is 0.313 e. The van der Waals surface area contributed by atoms with Gasteiger partial charge in [0.05, 0.1) is 12.5 Å². The Morgan fingerprint density at radius 1 is 1.44 bits per heavy atom. The van der Waals surface area contributed by atoms with Crippen molar-refractivity contribution >= 4 is 5.97 Å². The fourth-order valence-corrected chi connectivity index (χ4v) is 2.43. The maximum absolute atomic E-state index is 11.8. The molecule has 2 atom stereocenters. The maximum atomic E-state index is 11.8. The van der Waals surface area contributed by atoms with Gasteiger partial charge in [-0.3, -0.25) is 4.79 Å². The number of rotatable bonds is 3. The third-order valence-corrected chi connectivity index (χ3v) is 3.19. The largest absolute Gasteiger partial charge is 0.466 e. The van der Waals surface area contributed by atoms with E-state index in [1.807, 2.05) is 25.1 Å². The summed E-state index contributed by atoms with van der Waals surface area (Å²) in [6, 6.07) is 8.03. The summed E-state index contributed by atoms with van der Waals surface area (Å²) in [4.78, 5) is 11.8. The van der Waals surface area contributed by atoms with Crippen LogP contribution >= 0.6 is 0 Å². The molecule has 2 unspecified atom stereocenters. The van der Waals surface area contributed by atoms with E-state index < -0.39 is 0 Å². The van der Waals surface area contributed by atoms with Crippen molar-refractivity contribution in [1.82, 2.24) is 0 Å². The third kappa shape index (κ3) is 1.83. The molecule has 0 fully saturated rings. The zero-order valence-corrected chi connectivity index (χ0v) is 9.48. The summed E-state index contributed by atoms with van der Waals surface area (Å²) in [5.41, 5.74) is 8.04. The van der Waals surface area contributed by atoms with Crippen LogP contribution in [0, 0.1) is 0 Å². The van der Waals surface area contributed by atoms with Gasteiger partial charge in [-0.25, -0.2) is 0 Å². The van der Waals surface area contributed by atoms with Gasteiger partial charge in [-0.05, 0) is 36.9 Å². The molecule has 1 aromatic rings. The second-order valence-electron chi connectivity index (χ2n) is 4.10. The minimum Gasteiger partial charge on any atom is -0.466 e. The lowest BCUT2D eigenvalue weighted by Crippen LogP contribution is -2.15. The average molecular weight is 219 g/mol. The van der Waals surface area contributed by atoms with Crippen LogP contribution in [0.3, 0.4) is 0 Å². The van der Waals surface area contributed by atoms with E-state index in [4.69, 9.17) is 10.5 Å². The molecule has 1 aromatic carbocycles. The molecular formula is C13H17NO2. The van der Waals surface area contributed by atoms with E-state index in [0.717, 1.165) is 12.0 Å². The van der Waals surface area contributed by atoms with Crippen LogP contribution in [-0.2, 0) is 9.53 Å². The van der Waals surface area contributed by atoms with Crippen molar-refractivity contribution < 1.29 is 9.53 Å². The van der Waals surface area contributed by atoms with Gasteiger partial charge in [0.1, 0.15) is 0 Å². The zero-order chi connectivity index (χ0) is 11.5. The first kappa shape index (κ1) is 11.1. The van der Waals surface area contributed by atoms with Crippen molar-refractivity contribution in [2.75, 3.05) is 13.2 Å². The summed E-state index contributed by atoms with van der Waals surface area (Å²) in [6.07, 6.45) is 0.786. The topological polar surface area (TPSA) is 52.3 Å². The summed E-state index contributed by atoms with van der Waals surface area (Å²) in [5, 5.41) is 0. The van der Waals surface area contributed by atoms with E-state index in [2.05, 4.69) is 6.07 Å². The van der Waals surface area contributed by atoms with Crippen LogP contribution < -0.4 is 5.73 Å². The normalized spacial score (nSPS) is 22.9. The van der Waals surface area contributed by atoms with Crippen molar-refractivity contribution in [3.63, 3.8) is 0 Å². The highest BCUT2D eigenvalue weighted by molar-refractivity contribution is 5.80. The van der Waals surface area contributed by atoms with Gasteiger partial charge in [0.2, 0.25) is 0 Å². The lowest BCUT2D eigenvalue weighted by Gasteiger charge is -2.10. The third-order valence-electron chi connectivity index (χ3n) is 3.19. The monoisotopic (exact) mass is 219 g/mol. The van der Waals surface area contributed by atoms with Crippen LogP contribution in [0.2, 0.25) is 0 Å². The Balaban J connectivity index is 2.28. The Bertz CT molecular complexity index is 389. The van der Waals surface area contributed by atoms with E-state index in [1.165, 1.54) is 5.56 Å². The van der Waals surface area contributed by atoms with Crippen LogP contribution in [0.5, 0.6) is 0 Å². The van der Waals surface area contributed by atoms with Crippen molar-refractivity contribution in [1.29, 1.82) is 0 Å². The van der Waals surface area contributed by atoms with Gasteiger partial charge in [0.15, 0.2) is 0 Å². The molecule has 1 aliphatic rings. The number of hydrogen-bond donors (Lipinski definition) is 1. The number of esters is 1. The predicted molar refractivity (Wildman–Crippen MR) is 62.2 cm³/mol. The molecule has 3 nitrogen and oxygen atoms in total. The molecule has 86 valence electrons. The molecule has 1 aliphatic carbocycles. The number of ether oxygens (including phenoxy) is 1. The number of hydrogen-bond acceptors (Lipinski definition) is 3. The van der Waals surface area contributed by atoms with Crippen LogP contribution in [-0.4, -0.2) is 19.1 Å². The molecule has 0 heterocycles. The predicted octanol–water partition coefficient (Wildman–Crippen LogP) is 1.78. The number of nitrogens with two attached hydrogens (primary N) is 1. The van der Waals surface area contributed by atoms with E-state index in [0.29, 0.717) is 19.1 Å². The van der Waals surface area contributed by atoms with Gasteiger partial charge < -0.3 is 10.5 Å². The van der Waals surface area contributed by atoms with Crippen molar-refractivity contribution in [3.8, 4) is 0 Å². The molecule has 16 heavy (non-hydrogen) atoms. The molecule has 0 spiro atoms. The van der Waals surface area contributed by atoms with Crippen LogP contribution in [0.1, 0.15) is 36.3 Å². The first-order valence-electron chi connectivity index (χ1n) is 5.73. The Morgan fingerprint density at radius 3 is 2.75 bits per heavy atom. The Morgan fingerprint density at radius 2 is 2.12 bits per heavy atom. The van der Waals surface area contributed by atoms with E-state index in [-0.39, 0.29) is 11.9 Å². The fraction of sp³-hybridized carbons (Fsp3) is 0.462. The Hall–Kier alpha value is -1.35. The zero-order valence-electron chi connectivity index (χ0n) is 9.48. The summed E-state index contributed by atoms with van der Waals surface area (Å²) in [5.74, 6) is 0.0567. The highest BCUT2D eigenvalue weighted by Crippen LogP contribution is 2.41. The van der Waals surface area contributed by atoms with Gasteiger partial charge in [0, 0.05) is 0 Å². The quantitative estimate of drug-likeness (QED) is 0.788. The number of benzene rings is 1. The van der Waals surface area contributed by atoms with Gasteiger partial charge in [-0.15, -0.1) is 0 Å². The standard InChI is InChI=1S/C13H17NO2/c1-2-16-13(15)12-7-9(8-14)10-5-3-4-6-11(10)12/h3-6,9,12H,2,7-8,14H2,1H3. The molecule has 0 aromatic heterocycles. The summed E-state index contributed by atoms with van der Waals surface area (Å²) in [6.45, 7) is 2.86. The summed E-state index contributed by atoms with van der Waals surface area (Å²) < 4.78 is 5.10. The van der Waals surface area contributed by atoms with Crippen molar-refractivity contribution in [2.45, 2.75) is 25.2 Å². The molecule has 3 heteroatoms. The Kier molecular flexibility index (Phi) is 3.25. The minimum absolute atomic E-state index is 0.120. The molecule has 0 aliphatic heterocycles. The first-order chi connectivity index (χ1) is 7.77. The number of carbonyl (C=O) groups is 1. The summed E-state index contributed by atoms with van der Waals surface area (Å²) >= 11 is 0. The molecule has 0 radical (unpaired) electrons. The molecule has 2 rings (SSSR count). The van der Waals surface area contributed by atoms with Crippen LogP contribution in [0.4, 0.5) is 0 Å². The van der Waals surface area contributed by atoms with Gasteiger partial charge in [-0.1, -0.05) is 24.3 Å². The van der Waals surface area contributed by atoms with Crippen molar-refractivity contribution in [3.05, 3.63) is 35.4 Å². The van der Waals surface area contributed by atoms with Gasteiger partial charge in [-0.2, -0.15) is 0 Å². The number of carbonyl (C=O) groups excluding carboxylic acids is 1. The number of fused-ring (bicyclic) bond motifs is 1. The molecule has 0 amide bonds. The molecule has 2 N–H and O–H groups in total. The van der Waals surface area contributed by atoms with E-state index in [9.17, 15) is 4.79 Å². The second kappa shape index (κ2) is 4.66. The first-order valence-corrected chi connectivity index (χ1v) is 5.73. The van der Waals surface area contributed by atoms with Crippen LogP contribution in [0.15, 0.2) is 24.3 Å². The lowest BCUT2D eigenvalue weighted by molar-refractivity contribution is -0.145. The average Bonchev–Trinajstić information content (AvgIpc) is 2.68. The highest BCUT2D eigenvalue weighted by Gasteiger charge is 2.35. The fourth-order valence-electron chi connectivity index (χ4n) is 2.43. The molecule has 0 saturated heterocycles. The van der Waals surface area contributed by atoms with Gasteiger partial charge >= 0.3 is 5.97 Å². The summed E-state index contributed by atoms with van der Waals surface area (Å²) in [7, 11) is 0.